The summed E-state index contributed by atoms with van der Waals surface area (Å²) in [5, 5.41) is 39.7. The predicted octanol–water partition coefficient (Wildman–Crippen LogP) is 3.69. The van der Waals surface area contributed by atoms with Gasteiger partial charge in [0.05, 0.1) is 0 Å². The van der Waals surface area contributed by atoms with Crippen molar-refractivity contribution >= 4 is 47.1 Å². The highest BCUT2D eigenvalue weighted by molar-refractivity contribution is 6.30. The van der Waals surface area contributed by atoms with Crippen molar-refractivity contribution in [2.45, 2.75) is 19.5 Å². The number of carbonyl (C=O) groups is 4. The number of benzene rings is 2. The SMILES string of the molecule is Clc1cccc(CNCCCNCc2cccc(Cl)c2)c1.O=C(O)/C=C\C(=O)O.O=C(O)/C=C\C(=O)O. The monoisotopic (exact) mass is 554 g/mol. The predicted molar refractivity (Wildman–Crippen MR) is 140 cm³/mol. The fraction of sp³-hybridized carbons (Fsp3) is 0.200. The van der Waals surface area contributed by atoms with E-state index in [1.807, 2.05) is 36.4 Å². The van der Waals surface area contributed by atoms with Gasteiger partial charge in [-0.2, -0.15) is 0 Å². The molecule has 0 spiro atoms. The quantitative estimate of drug-likeness (QED) is 0.168. The molecule has 0 heterocycles. The van der Waals surface area contributed by atoms with E-state index in [-0.39, 0.29) is 0 Å². The van der Waals surface area contributed by atoms with Crippen LogP contribution in [0.1, 0.15) is 17.5 Å². The fourth-order valence-corrected chi connectivity index (χ4v) is 2.81. The molecule has 6 N–H and O–H groups in total. The molecule has 0 unspecified atom stereocenters. The van der Waals surface area contributed by atoms with Gasteiger partial charge < -0.3 is 31.1 Å². The average molecular weight is 555 g/mol. The molecule has 0 bridgehead atoms. The Labute approximate surface area is 223 Å². The van der Waals surface area contributed by atoms with Crippen molar-refractivity contribution in [1.82, 2.24) is 10.6 Å². The standard InChI is InChI=1S/C17H20Cl2N2.2C4H4O4/c18-16-6-1-4-14(10-16)12-20-8-3-9-21-13-15-5-2-7-17(19)11-15;2*5-3(6)1-2-4(7)8/h1-2,4-7,10-11,20-21H,3,8-9,12-13H2;2*1-2H,(H,5,6)(H,7,8)/b;2*2-1-. The Morgan fingerprint density at radius 2 is 0.946 bits per heavy atom. The number of carboxylic acids is 4. The summed E-state index contributed by atoms with van der Waals surface area (Å²) in [6.45, 7) is 3.67. The summed E-state index contributed by atoms with van der Waals surface area (Å²) in [4.78, 5) is 38.2. The van der Waals surface area contributed by atoms with E-state index in [1.165, 1.54) is 11.1 Å². The summed E-state index contributed by atoms with van der Waals surface area (Å²) in [5.41, 5.74) is 2.43. The third-order valence-corrected chi connectivity index (χ3v) is 4.35. The fourth-order valence-electron chi connectivity index (χ4n) is 2.38. The normalized spacial score (nSPS) is 10.2. The van der Waals surface area contributed by atoms with E-state index in [9.17, 15) is 19.2 Å². The maximum absolute atomic E-state index is 9.55. The Morgan fingerprint density at radius 1 is 0.622 bits per heavy atom. The van der Waals surface area contributed by atoms with Gasteiger partial charge >= 0.3 is 23.9 Å². The lowest BCUT2D eigenvalue weighted by Crippen LogP contribution is -2.21. The molecular formula is C25H28Cl2N2O8. The molecule has 0 saturated heterocycles. The van der Waals surface area contributed by atoms with Crippen LogP contribution in [0.5, 0.6) is 0 Å². The van der Waals surface area contributed by atoms with Gasteiger partial charge in [-0.25, -0.2) is 19.2 Å². The van der Waals surface area contributed by atoms with Gasteiger partial charge in [0, 0.05) is 47.4 Å². The summed E-state index contributed by atoms with van der Waals surface area (Å²) < 4.78 is 0. The van der Waals surface area contributed by atoms with E-state index < -0.39 is 23.9 Å². The van der Waals surface area contributed by atoms with Crippen LogP contribution >= 0.6 is 23.2 Å². The maximum atomic E-state index is 9.55. The maximum Gasteiger partial charge on any atom is 0.328 e. The lowest BCUT2D eigenvalue weighted by atomic mass is 10.2. The van der Waals surface area contributed by atoms with Crippen LogP contribution in [0, 0.1) is 0 Å². The van der Waals surface area contributed by atoms with Crippen LogP contribution in [0.2, 0.25) is 10.0 Å². The highest BCUT2D eigenvalue weighted by Gasteiger charge is 1.96. The molecule has 2 aromatic rings. The van der Waals surface area contributed by atoms with Gasteiger partial charge in [0.2, 0.25) is 0 Å². The number of aliphatic carboxylic acids is 4. The number of carboxylic acid groups (broad SMARTS) is 4. The summed E-state index contributed by atoms with van der Waals surface area (Å²) in [7, 11) is 0. The minimum absolute atomic E-state index is 0.558. The molecule has 0 radical (unpaired) electrons. The Balaban J connectivity index is 0.000000669. The smallest absolute Gasteiger partial charge is 0.328 e. The minimum atomic E-state index is -1.26. The van der Waals surface area contributed by atoms with Gasteiger partial charge in [0.25, 0.3) is 0 Å². The summed E-state index contributed by atoms with van der Waals surface area (Å²) in [6.07, 6.45) is 3.32. The van der Waals surface area contributed by atoms with Crippen LogP contribution in [0.15, 0.2) is 72.8 Å². The highest BCUT2D eigenvalue weighted by Crippen LogP contribution is 2.11. The van der Waals surface area contributed by atoms with Gasteiger partial charge in [0.15, 0.2) is 0 Å². The Kier molecular flexibility index (Phi) is 18.4. The topological polar surface area (TPSA) is 173 Å². The van der Waals surface area contributed by atoms with Crippen molar-refractivity contribution in [2.75, 3.05) is 13.1 Å². The molecule has 0 amide bonds. The lowest BCUT2D eigenvalue weighted by molar-refractivity contribution is -0.134. The largest absolute Gasteiger partial charge is 0.478 e. The number of halogens is 2. The van der Waals surface area contributed by atoms with Crippen LogP contribution in [0.4, 0.5) is 0 Å². The summed E-state index contributed by atoms with van der Waals surface area (Å²) >= 11 is 11.9. The van der Waals surface area contributed by atoms with Crippen molar-refractivity contribution in [3.05, 3.63) is 94.0 Å². The first-order valence-electron chi connectivity index (χ1n) is 10.7. The second kappa shape index (κ2) is 20.5. The van der Waals surface area contributed by atoms with Gasteiger partial charge in [-0.15, -0.1) is 0 Å². The molecule has 0 aliphatic rings. The molecule has 10 nitrogen and oxygen atoms in total. The van der Waals surface area contributed by atoms with Crippen LogP contribution in [-0.2, 0) is 32.3 Å². The first kappa shape index (κ1) is 33.3. The Hall–Kier alpha value is -3.70. The molecule has 0 aromatic heterocycles. The van der Waals surface area contributed by atoms with E-state index >= 15 is 0 Å². The van der Waals surface area contributed by atoms with Gasteiger partial charge in [0.1, 0.15) is 0 Å². The molecule has 0 atom stereocenters. The molecule has 0 aliphatic heterocycles. The second-order valence-electron chi connectivity index (χ2n) is 6.99. The number of hydrogen-bond acceptors (Lipinski definition) is 6. The highest BCUT2D eigenvalue weighted by atomic mass is 35.5. The van der Waals surface area contributed by atoms with E-state index in [0.717, 1.165) is 42.6 Å². The van der Waals surface area contributed by atoms with Crippen LogP contribution in [0.3, 0.4) is 0 Å². The van der Waals surface area contributed by atoms with Crippen LogP contribution < -0.4 is 10.6 Å². The molecule has 37 heavy (non-hydrogen) atoms. The molecule has 2 rings (SSSR count). The Morgan fingerprint density at radius 3 is 1.22 bits per heavy atom. The van der Waals surface area contributed by atoms with Crippen LogP contribution in [-0.4, -0.2) is 57.4 Å². The van der Waals surface area contributed by atoms with Crippen molar-refractivity contribution in [1.29, 1.82) is 0 Å². The molecule has 2 aromatic carbocycles. The number of rotatable bonds is 12. The van der Waals surface area contributed by atoms with E-state index in [1.54, 1.807) is 0 Å². The number of hydrogen-bond donors (Lipinski definition) is 6. The third kappa shape index (κ3) is 22.5. The van der Waals surface area contributed by atoms with Gasteiger partial charge in [-0.3, -0.25) is 0 Å². The summed E-state index contributed by atoms with van der Waals surface area (Å²) in [5.74, 6) is -5.03. The zero-order valence-corrected chi connectivity index (χ0v) is 21.2. The van der Waals surface area contributed by atoms with Crippen molar-refractivity contribution < 1.29 is 39.6 Å². The Bertz CT molecular complexity index is 959. The molecule has 0 aliphatic carbocycles. The lowest BCUT2D eigenvalue weighted by Gasteiger charge is -2.07. The molecule has 0 saturated carbocycles. The zero-order chi connectivity index (χ0) is 28.1. The van der Waals surface area contributed by atoms with Gasteiger partial charge in [-0.05, 0) is 54.9 Å². The van der Waals surface area contributed by atoms with E-state index in [2.05, 4.69) is 22.8 Å². The van der Waals surface area contributed by atoms with Crippen molar-refractivity contribution in [3.63, 3.8) is 0 Å². The molecule has 12 heteroatoms. The molecule has 200 valence electrons. The number of nitrogens with one attached hydrogen (secondary N) is 2. The van der Waals surface area contributed by atoms with Gasteiger partial charge in [-0.1, -0.05) is 47.5 Å². The minimum Gasteiger partial charge on any atom is -0.478 e. The zero-order valence-electron chi connectivity index (χ0n) is 19.6. The van der Waals surface area contributed by atoms with Crippen molar-refractivity contribution in [2.24, 2.45) is 0 Å². The second-order valence-corrected chi connectivity index (χ2v) is 7.86. The average Bonchev–Trinajstić information content (AvgIpc) is 2.82. The third-order valence-electron chi connectivity index (χ3n) is 3.88. The van der Waals surface area contributed by atoms with Crippen molar-refractivity contribution in [3.8, 4) is 0 Å². The van der Waals surface area contributed by atoms with Crippen LogP contribution in [0.25, 0.3) is 0 Å². The van der Waals surface area contributed by atoms with E-state index in [0.29, 0.717) is 24.3 Å². The molecular weight excluding hydrogens is 527 g/mol. The first-order chi connectivity index (χ1) is 17.5. The van der Waals surface area contributed by atoms with E-state index in [4.69, 9.17) is 43.6 Å². The first-order valence-corrected chi connectivity index (χ1v) is 11.4. The molecule has 0 fully saturated rings. The summed E-state index contributed by atoms with van der Waals surface area (Å²) in [6, 6.07) is 15.9.